The molecule has 5 nitrogen and oxygen atoms in total. The van der Waals surface area contributed by atoms with Crippen LogP contribution in [0.1, 0.15) is 20.3 Å². The maximum absolute atomic E-state index is 11.9. The van der Waals surface area contributed by atoms with E-state index in [1.807, 2.05) is 6.92 Å². The number of benzene rings is 1. The van der Waals surface area contributed by atoms with Crippen molar-refractivity contribution < 1.29 is 8.42 Å². The molecule has 1 aromatic carbocycles. The first-order valence-electron chi connectivity index (χ1n) is 5.04. The monoisotopic (exact) mass is 243 g/mol. The number of rotatable bonds is 4. The number of nitrogens with one attached hydrogen (secondary N) is 1. The van der Waals surface area contributed by atoms with Gasteiger partial charge in [-0.3, -0.25) is 0 Å². The van der Waals surface area contributed by atoms with Crippen LogP contribution in [0.5, 0.6) is 0 Å². The van der Waals surface area contributed by atoms with Gasteiger partial charge in [0.05, 0.1) is 11.4 Å². The molecular weight excluding hydrogens is 226 g/mol. The summed E-state index contributed by atoms with van der Waals surface area (Å²) in [6.45, 7) is 3.69. The van der Waals surface area contributed by atoms with Gasteiger partial charge < -0.3 is 11.5 Å². The van der Waals surface area contributed by atoms with Gasteiger partial charge >= 0.3 is 0 Å². The lowest BCUT2D eigenvalue weighted by molar-refractivity contribution is 0.556. The van der Waals surface area contributed by atoms with E-state index in [9.17, 15) is 8.42 Å². The maximum Gasteiger partial charge on any atom is 0.242 e. The topological polar surface area (TPSA) is 98.2 Å². The lowest BCUT2D eigenvalue weighted by Gasteiger charge is -2.14. The summed E-state index contributed by atoms with van der Waals surface area (Å²) in [6.07, 6.45) is 0.710. The molecule has 90 valence electrons. The molecule has 0 aromatic heterocycles. The fourth-order valence-electron chi connectivity index (χ4n) is 1.21. The smallest absolute Gasteiger partial charge is 0.242 e. The predicted molar refractivity (Wildman–Crippen MR) is 65.3 cm³/mol. The Bertz CT molecular complexity index is 471. The third kappa shape index (κ3) is 2.65. The minimum absolute atomic E-state index is 0.0350. The molecule has 0 aliphatic heterocycles. The van der Waals surface area contributed by atoms with E-state index in [1.54, 1.807) is 19.1 Å². The molecule has 6 heteroatoms. The summed E-state index contributed by atoms with van der Waals surface area (Å²) in [6, 6.07) is 4.44. The second-order valence-electron chi connectivity index (χ2n) is 3.69. The molecular formula is C10H17N3O2S. The van der Waals surface area contributed by atoms with E-state index in [0.29, 0.717) is 6.42 Å². The molecule has 0 bridgehead atoms. The summed E-state index contributed by atoms with van der Waals surface area (Å²) in [4.78, 5) is 0.0350. The van der Waals surface area contributed by atoms with Crippen LogP contribution < -0.4 is 16.2 Å². The highest BCUT2D eigenvalue weighted by molar-refractivity contribution is 7.89. The van der Waals surface area contributed by atoms with E-state index in [1.165, 1.54) is 6.07 Å². The zero-order valence-electron chi connectivity index (χ0n) is 9.40. The minimum atomic E-state index is -3.58. The van der Waals surface area contributed by atoms with E-state index in [0.717, 1.165) is 0 Å². The summed E-state index contributed by atoms with van der Waals surface area (Å²) in [5, 5.41) is 0. The van der Waals surface area contributed by atoms with E-state index in [2.05, 4.69) is 4.72 Å². The van der Waals surface area contributed by atoms with Crippen molar-refractivity contribution in [2.75, 3.05) is 11.5 Å². The van der Waals surface area contributed by atoms with Gasteiger partial charge in [-0.25, -0.2) is 13.1 Å². The highest BCUT2D eigenvalue weighted by atomic mass is 32.2. The first kappa shape index (κ1) is 12.8. The lowest BCUT2D eigenvalue weighted by atomic mass is 10.3. The quantitative estimate of drug-likeness (QED) is 0.685. The van der Waals surface area contributed by atoms with Crippen molar-refractivity contribution in [3.63, 3.8) is 0 Å². The van der Waals surface area contributed by atoms with Gasteiger partial charge in [0.15, 0.2) is 0 Å². The summed E-state index contributed by atoms with van der Waals surface area (Å²) in [7, 11) is -3.58. The summed E-state index contributed by atoms with van der Waals surface area (Å²) in [5.74, 6) is 0. The minimum Gasteiger partial charge on any atom is -0.397 e. The van der Waals surface area contributed by atoms with Crippen molar-refractivity contribution in [1.82, 2.24) is 4.72 Å². The Hall–Kier alpha value is -1.27. The number of nitrogen functional groups attached to an aromatic ring is 2. The molecule has 0 saturated heterocycles. The van der Waals surface area contributed by atoms with E-state index < -0.39 is 10.0 Å². The van der Waals surface area contributed by atoms with Gasteiger partial charge in [-0.15, -0.1) is 0 Å². The van der Waals surface area contributed by atoms with Crippen molar-refractivity contribution in [1.29, 1.82) is 0 Å². The van der Waals surface area contributed by atoms with Crippen molar-refractivity contribution in [2.24, 2.45) is 0 Å². The highest BCUT2D eigenvalue weighted by Crippen LogP contribution is 2.24. The second-order valence-corrected chi connectivity index (χ2v) is 5.37. The zero-order valence-corrected chi connectivity index (χ0v) is 10.2. The molecule has 0 radical (unpaired) electrons. The molecule has 0 fully saturated rings. The number of anilines is 2. The molecule has 0 amide bonds. The van der Waals surface area contributed by atoms with Gasteiger partial charge in [-0.1, -0.05) is 13.0 Å². The number of hydrogen-bond donors (Lipinski definition) is 3. The number of para-hydroxylation sites is 1. The molecule has 16 heavy (non-hydrogen) atoms. The van der Waals surface area contributed by atoms with Gasteiger partial charge in [0.1, 0.15) is 4.90 Å². The predicted octanol–water partition coefficient (Wildman–Crippen LogP) is 0.928. The van der Waals surface area contributed by atoms with Crippen LogP contribution in [0.2, 0.25) is 0 Å². The van der Waals surface area contributed by atoms with Crippen molar-refractivity contribution in [2.45, 2.75) is 31.2 Å². The Balaban J connectivity index is 3.13. The molecule has 1 unspecified atom stereocenters. The largest absolute Gasteiger partial charge is 0.397 e. The highest BCUT2D eigenvalue weighted by Gasteiger charge is 2.19. The molecule has 5 N–H and O–H groups in total. The van der Waals surface area contributed by atoms with Gasteiger partial charge in [-0.05, 0) is 25.5 Å². The first-order chi connectivity index (χ1) is 7.38. The Morgan fingerprint density at radius 3 is 2.56 bits per heavy atom. The third-order valence-electron chi connectivity index (χ3n) is 2.36. The number of nitrogens with two attached hydrogens (primary N) is 2. The number of hydrogen-bond acceptors (Lipinski definition) is 4. The second kappa shape index (κ2) is 4.71. The molecule has 0 spiro atoms. The number of sulfonamides is 1. The zero-order chi connectivity index (χ0) is 12.3. The fraction of sp³-hybridized carbons (Fsp3) is 0.400. The molecule has 0 aliphatic rings. The normalized spacial score (nSPS) is 13.6. The van der Waals surface area contributed by atoms with Gasteiger partial charge in [0.25, 0.3) is 0 Å². The van der Waals surface area contributed by atoms with Crippen LogP contribution in [0.4, 0.5) is 11.4 Å². The summed E-state index contributed by atoms with van der Waals surface area (Å²) in [5.41, 5.74) is 11.6. The SMILES string of the molecule is CCC(C)NS(=O)(=O)c1cccc(N)c1N. The fourth-order valence-corrected chi connectivity index (χ4v) is 2.70. The summed E-state index contributed by atoms with van der Waals surface area (Å²) < 4.78 is 26.4. The van der Waals surface area contributed by atoms with Crippen molar-refractivity contribution in [3.8, 4) is 0 Å². The van der Waals surface area contributed by atoms with Crippen LogP contribution >= 0.6 is 0 Å². The van der Waals surface area contributed by atoms with Crippen LogP contribution in [0.25, 0.3) is 0 Å². The molecule has 0 saturated carbocycles. The standard InChI is InChI=1S/C10H17N3O2S/c1-3-7(2)13-16(14,15)9-6-4-5-8(11)10(9)12/h4-7,13H,3,11-12H2,1-2H3. The maximum atomic E-state index is 11.9. The van der Waals surface area contributed by atoms with Crippen LogP contribution in [-0.4, -0.2) is 14.5 Å². The molecule has 1 aromatic rings. The summed E-state index contributed by atoms with van der Waals surface area (Å²) >= 11 is 0. The molecule has 1 rings (SSSR count). The van der Waals surface area contributed by atoms with Gasteiger partial charge in [0, 0.05) is 6.04 Å². The first-order valence-corrected chi connectivity index (χ1v) is 6.53. The Morgan fingerprint density at radius 2 is 2.00 bits per heavy atom. The van der Waals surface area contributed by atoms with Crippen LogP contribution in [-0.2, 0) is 10.0 Å². The Morgan fingerprint density at radius 1 is 1.38 bits per heavy atom. The third-order valence-corrected chi connectivity index (χ3v) is 4.01. The average Bonchev–Trinajstić information content (AvgIpc) is 2.21. The van der Waals surface area contributed by atoms with Crippen LogP contribution in [0.15, 0.2) is 23.1 Å². The molecule has 0 heterocycles. The lowest BCUT2D eigenvalue weighted by Crippen LogP contribution is -2.32. The molecule has 1 atom stereocenters. The van der Waals surface area contributed by atoms with Crippen molar-refractivity contribution in [3.05, 3.63) is 18.2 Å². The average molecular weight is 243 g/mol. The Kier molecular flexibility index (Phi) is 3.77. The van der Waals surface area contributed by atoms with Crippen LogP contribution in [0, 0.1) is 0 Å². The van der Waals surface area contributed by atoms with Gasteiger partial charge in [-0.2, -0.15) is 0 Å². The van der Waals surface area contributed by atoms with E-state index in [4.69, 9.17) is 11.5 Å². The van der Waals surface area contributed by atoms with Crippen molar-refractivity contribution >= 4 is 21.4 Å². The van der Waals surface area contributed by atoms with Crippen LogP contribution in [0.3, 0.4) is 0 Å². The molecule has 0 aliphatic carbocycles. The Labute approximate surface area is 95.9 Å². The van der Waals surface area contributed by atoms with Gasteiger partial charge in [0.2, 0.25) is 10.0 Å². The van der Waals surface area contributed by atoms with E-state index >= 15 is 0 Å². The van der Waals surface area contributed by atoms with E-state index in [-0.39, 0.29) is 22.3 Å².